The van der Waals surface area contributed by atoms with Crippen LogP contribution in [0, 0.1) is 0 Å². The fraction of sp³-hybridized carbons (Fsp3) is 0.190. The van der Waals surface area contributed by atoms with Gasteiger partial charge < -0.3 is 14.4 Å². The van der Waals surface area contributed by atoms with Gasteiger partial charge in [0.15, 0.2) is 0 Å². The lowest BCUT2D eigenvalue weighted by Crippen LogP contribution is -2.32. The summed E-state index contributed by atoms with van der Waals surface area (Å²) in [6.45, 7) is 1.76. The largest absolute Gasteiger partial charge is 0.493 e. The maximum atomic E-state index is 6.02. The van der Waals surface area contributed by atoms with E-state index >= 15 is 0 Å². The first-order chi connectivity index (χ1) is 12.9. The van der Waals surface area contributed by atoms with Crippen LogP contribution in [0.3, 0.4) is 0 Å². The minimum atomic E-state index is 0.760. The van der Waals surface area contributed by atoms with Crippen LogP contribution in [0.2, 0.25) is 0 Å². The zero-order chi connectivity index (χ0) is 17.3. The van der Waals surface area contributed by atoms with Crippen molar-refractivity contribution in [1.29, 1.82) is 0 Å². The highest BCUT2D eigenvalue weighted by molar-refractivity contribution is 7.98. The third kappa shape index (κ3) is 2.88. The summed E-state index contributed by atoms with van der Waals surface area (Å²) < 4.78 is 16.2. The molecule has 0 atom stereocenters. The Kier molecular flexibility index (Phi) is 3.94. The number of hydrogen-bond donors (Lipinski definition) is 0. The number of rotatable bonds is 3. The maximum Gasteiger partial charge on any atom is 0.148 e. The molecule has 3 heterocycles. The Bertz CT molecular complexity index is 932. The highest BCUT2D eigenvalue weighted by atomic mass is 32.2. The van der Waals surface area contributed by atoms with Crippen molar-refractivity contribution >= 4 is 23.4 Å². The van der Waals surface area contributed by atoms with Crippen LogP contribution in [0.1, 0.15) is 11.1 Å². The van der Waals surface area contributed by atoms with Crippen LogP contribution in [0.4, 0.5) is 0 Å². The molecule has 0 aromatic heterocycles. The summed E-state index contributed by atoms with van der Waals surface area (Å²) >= 11 is 1.63. The minimum Gasteiger partial charge on any atom is -0.493 e. The normalized spacial score (nSPS) is 17.8. The van der Waals surface area contributed by atoms with Crippen LogP contribution >= 0.6 is 11.9 Å². The number of amidine groups is 1. The van der Waals surface area contributed by atoms with Crippen LogP contribution in [0.15, 0.2) is 65.2 Å². The summed E-state index contributed by atoms with van der Waals surface area (Å²) in [5, 5.41) is 0. The van der Waals surface area contributed by atoms with Crippen LogP contribution < -0.4 is 9.47 Å². The van der Waals surface area contributed by atoms with Crippen LogP contribution in [-0.4, -0.2) is 29.6 Å². The highest BCUT2D eigenvalue weighted by Crippen LogP contribution is 2.32. The average Bonchev–Trinajstić information content (AvgIpc) is 3.16. The van der Waals surface area contributed by atoms with Crippen molar-refractivity contribution in [3.8, 4) is 17.2 Å². The van der Waals surface area contributed by atoms with E-state index in [9.17, 15) is 0 Å². The fourth-order valence-electron chi connectivity index (χ4n) is 3.36. The van der Waals surface area contributed by atoms with E-state index in [1.807, 2.05) is 24.3 Å². The van der Waals surface area contributed by atoms with Gasteiger partial charge >= 0.3 is 0 Å². The molecule has 3 aliphatic rings. The van der Waals surface area contributed by atoms with Gasteiger partial charge in [0.1, 0.15) is 23.1 Å². The Labute approximate surface area is 157 Å². The van der Waals surface area contributed by atoms with Crippen molar-refractivity contribution in [3.05, 3.63) is 71.9 Å². The predicted octanol–water partition coefficient (Wildman–Crippen LogP) is 4.69. The summed E-state index contributed by atoms with van der Waals surface area (Å²) in [6.07, 6.45) is 7.25. The van der Waals surface area contributed by atoms with Crippen LogP contribution in [0.5, 0.6) is 17.2 Å². The molecule has 0 radical (unpaired) electrons. The van der Waals surface area contributed by atoms with Crippen molar-refractivity contribution in [1.82, 2.24) is 4.90 Å². The van der Waals surface area contributed by atoms with Gasteiger partial charge in [-0.25, -0.2) is 0 Å². The van der Waals surface area contributed by atoms with Gasteiger partial charge in [-0.2, -0.15) is 4.40 Å². The van der Waals surface area contributed by atoms with E-state index in [-0.39, 0.29) is 0 Å². The molecule has 0 N–H and O–H groups in total. The van der Waals surface area contributed by atoms with Crippen molar-refractivity contribution in [2.24, 2.45) is 4.40 Å². The fourth-order valence-corrected chi connectivity index (χ4v) is 4.06. The van der Waals surface area contributed by atoms with Crippen LogP contribution in [0.25, 0.3) is 5.57 Å². The van der Waals surface area contributed by atoms with E-state index in [1.165, 1.54) is 5.56 Å². The maximum absolute atomic E-state index is 6.02. The molecule has 0 saturated carbocycles. The molecule has 0 spiro atoms. The third-order valence-electron chi connectivity index (χ3n) is 4.68. The number of allylic oxidation sites excluding steroid dienone is 2. The monoisotopic (exact) mass is 362 g/mol. The zero-order valence-electron chi connectivity index (χ0n) is 14.2. The van der Waals surface area contributed by atoms with Crippen LogP contribution in [-0.2, 0) is 6.42 Å². The molecule has 0 fully saturated rings. The van der Waals surface area contributed by atoms with E-state index in [1.54, 1.807) is 11.9 Å². The number of hydrogen-bond acceptors (Lipinski definition) is 5. The molecule has 5 heteroatoms. The predicted molar refractivity (Wildman–Crippen MR) is 106 cm³/mol. The SMILES string of the molecule is C1=CN2CCSN=C2C(c2ccc(Oc3ccc4c(c3)CCO4)cc2)=C1. The second kappa shape index (κ2) is 6.57. The van der Waals surface area contributed by atoms with Gasteiger partial charge in [0.05, 0.1) is 6.61 Å². The number of benzene rings is 2. The first-order valence-corrected chi connectivity index (χ1v) is 9.70. The summed E-state index contributed by atoms with van der Waals surface area (Å²) in [6, 6.07) is 14.2. The van der Waals surface area contributed by atoms with Gasteiger partial charge in [-0.1, -0.05) is 12.1 Å². The Morgan fingerprint density at radius 2 is 1.96 bits per heavy atom. The second-order valence-electron chi connectivity index (χ2n) is 6.36. The Morgan fingerprint density at radius 1 is 1.08 bits per heavy atom. The molecule has 0 bridgehead atoms. The molecule has 4 nitrogen and oxygen atoms in total. The van der Waals surface area contributed by atoms with Gasteiger partial charge in [-0.15, -0.1) is 0 Å². The Hall–Kier alpha value is -2.66. The zero-order valence-corrected chi connectivity index (χ0v) is 15.0. The molecule has 0 aliphatic carbocycles. The van der Waals surface area contributed by atoms with Gasteiger partial charge in [-0.05, 0) is 60.0 Å². The Morgan fingerprint density at radius 3 is 2.88 bits per heavy atom. The smallest absolute Gasteiger partial charge is 0.148 e. The quantitative estimate of drug-likeness (QED) is 0.742. The molecule has 3 aliphatic heterocycles. The number of nitrogens with zero attached hydrogens (tertiary/aromatic N) is 2. The highest BCUT2D eigenvalue weighted by Gasteiger charge is 2.21. The molecule has 0 amide bonds. The van der Waals surface area contributed by atoms with Crippen molar-refractivity contribution in [2.75, 3.05) is 18.9 Å². The molecular weight excluding hydrogens is 344 g/mol. The number of fused-ring (bicyclic) bond motifs is 2. The lowest BCUT2D eigenvalue weighted by Gasteiger charge is -2.29. The molecular formula is C21H18N2O2S. The summed E-state index contributed by atoms with van der Waals surface area (Å²) in [5.74, 6) is 4.72. The summed E-state index contributed by atoms with van der Waals surface area (Å²) in [5.41, 5.74) is 3.52. The summed E-state index contributed by atoms with van der Waals surface area (Å²) in [4.78, 5) is 2.21. The average molecular weight is 362 g/mol. The van der Waals surface area contributed by atoms with E-state index in [0.29, 0.717) is 0 Å². The van der Waals surface area contributed by atoms with Gasteiger partial charge in [-0.3, -0.25) is 0 Å². The Balaban J connectivity index is 1.37. The topological polar surface area (TPSA) is 34.1 Å². The molecule has 0 unspecified atom stereocenters. The number of ether oxygens (including phenoxy) is 2. The van der Waals surface area contributed by atoms with E-state index in [4.69, 9.17) is 9.47 Å². The van der Waals surface area contributed by atoms with Gasteiger partial charge in [0, 0.05) is 36.1 Å². The van der Waals surface area contributed by atoms with E-state index in [2.05, 4.69) is 45.8 Å². The standard InChI is InChI=1S/C21H18N2O2S/c1-2-19(21-22-26-13-11-23(21)10-1)15-3-5-17(6-4-15)25-18-7-8-20-16(14-18)9-12-24-20/h1-8,10,14H,9,11-13H2. The lowest BCUT2D eigenvalue weighted by molar-refractivity contribution is 0.356. The third-order valence-corrected chi connectivity index (χ3v) is 5.35. The summed E-state index contributed by atoms with van der Waals surface area (Å²) in [7, 11) is 0. The van der Waals surface area contributed by atoms with E-state index < -0.39 is 0 Å². The van der Waals surface area contributed by atoms with Gasteiger partial charge in [0.25, 0.3) is 0 Å². The second-order valence-corrected chi connectivity index (χ2v) is 7.21. The van der Waals surface area contributed by atoms with Crippen molar-refractivity contribution in [2.45, 2.75) is 6.42 Å². The molecule has 2 aromatic carbocycles. The first kappa shape index (κ1) is 15.6. The molecule has 2 aromatic rings. The minimum absolute atomic E-state index is 0.760. The van der Waals surface area contributed by atoms with E-state index in [0.717, 1.165) is 59.5 Å². The van der Waals surface area contributed by atoms with Crippen molar-refractivity contribution < 1.29 is 9.47 Å². The molecule has 5 rings (SSSR count). The lowest BCUT2D eigenvalue weighted by atomic mass is 10.0. The van der Waals surface area contributed by atoms with Crippen molar-refractivity contribution in [3.63, 3.8) is 0 Å². The molecule has 0 saturated heterocycles. The first-order valence-electron chi connectivity index (χ1n) is 8.76. The molecule has 26 heavy (non-hydrogen) atoms. The molecule has 130 valence electrons. The van der Waals surface area contributed by atoms with Gasteiger partial charge in [0.2, 0.25) is 0 Å².